The number of carbonyl (C=O) groups excluding carboxylic acids is 1. The van der Waals surface area contributed by atoms with Gasteiger partial charge in [0.1, 0.15) is 5.82 Å². The highest BCUT2D eigenvalue weighted by Gasteiger charge is 2.16. The molecule has 0 saturated carbocycles. The molecule has 0 aliphatic heterocycles. The number of carbonyl (C=O) groups is 1. The molecule has 1 heterocycles. The molecule has 0 aliphatic carbocycles. The van der Waals surface area contributed by atoms with Crippen LogP contribution in [0, 0.1) is 5.92 Å². The van der Waals surface area contributed by atoms with Crippen LogP contribution in [-0.4, -0.2) is 28.1 Å². The number of aliphatic hydroxyl groups is 1. The van der Waals surface area contributed by atoms with Crippen molar-refractivity contribution in [1.82, 2.24) is 4.98 Å². The third-order valence-electron chi connectivity index (χ3n) is 2.42. The second-order valence-electron chi connectivity index (χ2n) is 5.24. The van der Waals surface area contributed by atoms with Gasteiger partial charge in [-0.05, 0) is 26.0 Å². The Hall–Kier alpha value is -1.62. The predicted molar refractivity (Wildman–Crippen MR) is 72.5 cm³/mol. The Balaban J connectivity index is 2.66. The molecule has 0 atom stereocenters. The highest BCUT2D eigenvalue weighted by Crippen LogP contribution is 2.15. The van der Waals surface area contributed by atoms with Crippen molar-refractivity contribution >= 4 is 17.4 Å². The molecule has 0 fully saturated rings. The van der Waals surface area contributed by atoms with Crippen LogP contribution in [0.15, 0.2) is 18.3 Å². The van der Waals surface area contributed by atoms with Gasteiger partial charge < -0.3 is 15.7 Å². The van der Waals surface area contributed by atoms with Crippen LogP contribution in [0.1, 0.15) is 27.7 Å². The van der Waals surface area contributed by atoms with Gasteiger partial charge in [0.2, 0.25) is 5.91 Å². The molecular weight excluding hydrogens is 230 g/mol. The van der Waals surface area contributed by atoms with Crippen LogP contribution >= 0.6 is 0 Å². The minimum absolute atomic E-state index is 0.0144. The molecule has 18 heavy (non-hydrogen) atoms. The number of hydrogen-bond acceptors (Lipinski definition) is 4. The fourth-order valence-electron chi connectivity index (χ4n) is 1.21. The molecule has 1 amide bonds. The molecule has 100 valence electrons. The SMILES string of the molecule is CC(C)C(=O)Nc1ccc(NC(C)(C)CO)nc1. The van der Waals surface area contributed by atoms with Gasteiger partial charge in [0.05, 0.1) is 24.0 Å². The number of aromatic nitrogens is 1. The van der Waals surface area contributed by atoms with Crippen molar-refractivity contribution in [3.05, 3.63) is 18.3 Å². The van der Waals surface area contributed by atoms with Crippen molar-refractivity contribution < 1.29 is 9.90 Å². The topological polar surface area (TPSA) is 74.2 Å². The molecule has 1 aromatic rings. The van der Waals surface area contributed by atoms with Crippen molar-refractivity contribution in [2.75, 3.05) is 17.2 Å². The Morgan fingerprint density at radius 1 is 1.44 bits per heavy atom. The van der Waals surface area contributed by atoms with Gasteiger partial charge in [-0.25, -0.2) is 4.98 Å². The first kappa shape index (κ1) is 14.4. The summed E-state index contributed by atoms with van der Waals surface area (Å²) in [7, 11) is 0. The van der Waals surface area contributed by atoms with Crippen LogP contribution in [0.3, 0.4) is 0 Å². The number of amides is 1. The van der Waals surface area contributed by atoms with Gasteiger partial charge in [-0.15, -0.1) is 0 Å². The maximum atomic E-state index is 11.5. The Morgan fingerprint density at radius 3 is 2.56 bits per heavy atom. The van der Waals surface area contributed by atoms with E-state index in [1.54, 1.807) is 18.3 Å². The summed E-state index contributed by atoms with van der Waals surface area (Å²) in [5.41, 5.74) is 0.247. The molecule has 3 N–H and O–H groups in total. The minimum atomic E-state index is -0.421. The first-order valence-electron chi connectivity index (χ1n) is 6.00. The van der Waals surface area contributed by atoms with E-state index in [0.29, 0.717) is 11.5 Å². The second-order valence-corrected chi connectivity index (χ2v) is 5.24. The largest absolute Gasteiger partial charge is 0.394 e. The standard InChI is InChI=1S/C13H21N3O2/c1-9(2)12(18)15-10-5-6-11(14-7-10)16-13(3,4)8-17/h5-7,9,17H,8H2,1-4H3,(H,14,16)(H,15,18). The summed E-state index contributed by atoms with van der Waals surface area (Å²) >= 11 is 0. The number of pyridine rings is 1. The van der Waals surface area contributed by atoms with Gasteiger partial charge in [-0.1, -0.05) is 13.8 Å². The number of anilines is 2. The van der Waals surface area contributed by atoms with Crippen molar-refractivity contribution in [3.63, 3.8) is 0 Å². The van der Waals surface area contributed by atoms with E-state index in [9.17, 15) is 4.79 Å². The van der Waals surface area contributed by atoms with E-state index < -0.39 is 5.54 Å². The Bertz CT molecular complexity index is 399. The first-order chi connectivity index (χ1) is 8.34. The zero-order chi connectivity index (χ0) is 13.8. The molecule has 0 unspecified atom stereocenters. The van der Waals surface area contributed by atoms with Gasteiger partial charge in [-0.3, -0.25) is 4.79 Å². The normalized spacial score (nSPS) is 11.4. The molecule has 0 bridgehead atoms. The van der Waals surface area contributed by atoms with Crippen LogP contribution < -0.4 is 10.6 Å². The van der Waals surface area contributed by atoms with E-state index in [0.717, 1.165) is 0 Å². The summed E-state index contributed by atoms with van der Waals surface area (Å²) in [5, 5.41) is 15.0. The monoisotopic (exact) mass is 251 g/mol. The van der Waals surface area contributed by atoms with E-state index >= 15 is 0 Å². The second kappa shape index (κ2) is 5.82. The summed E-state index contributed by atoms with van der Waals surface area (Å²) in [6, 6.07) is 3.55. The van der Waals surface area contributed by atoms with Crippen LogP contribution in [0.2, 0.25) is 0 Å². The van der Waals surface area contributed by atoms with Crippen LogP contribution in [0.4, 0.5) is 11.5 Å². The highest BCUT2D eigenvalue weighted by molar-refractivity contribution is 5.91. The number of nitrogens with zero attached hydrogens (tertiary/aromatic N) is 1. The third kappa shape index (κ3) is 4.33. The zero-order valence-corrected chi connectivity index (χ0v) is 11.3. The van der Waals surface area contributed by atoms with Gasteiger partial charge >= 0.3 is 0 Å². The summed E-state index contributed by atoms with van der Waals surface area (Å²) in [4.78, 5) is 15.7. The third-order valence-corrected chi connectivity index (χ3v) is 2.42. The fourth-order valence-corrected chi connectivity index (χ4v) is 1.21. The first-order valence-corrected chi connectivity index (χ1v) is 6.00. The molecule has 5 heteroatoms. The lowest BCUT2D eigenvalue weighted by molar-refractivity contribution is -0.118. The van der Waals surface area contributed by atoms with Crippen molar-refractivity contribution in [2.24, 2.45) is 5.92 Å². The highest BCUT2D eigenvalue weighted by atomic mass is 16.3. The fraction of sp³-hybridized carbons (Fsp3) is 0.538. The summed E-state index contributed by atoms with van der Waals surface area (Å²) in [6.45, 7) is 7.44. The molecule has 0 spiro atoms. The van der Waals surface area contributed by atoms with Crippen LogP contribution in [-0.2, 0) is 4.79 Å². The van der Waals surface area contributed by atoms with Crippen molar-refractivity contribution in [2.45, 2.75) is 33.2 Å². The van der Waals surface area contributed by atoms with Gasteiger partial charge in [0, 0.05) is 5.92 Å². The van der Waals surface area contributed by atoms with Crippen LogP contribution in [0.5, 0.6) is 0 Å². The van der Waals surface area contributed by atoms with Gasteiger partial charge in [-0.2, -0.15) is 0 Å². The lowest BCUT2D eigenvalue weighted by atomic mass is 10.1. The number of aliphatic hydroxyl groups excluding tert-OH is 1. The van der Waals surface area contributed by atoms with Crippen molar-refractivity contribution in [1.29, 1.82) is 0 Å². The number of rotatable bonds is 5. The predicted octanol–water partition coefficient (Wildman–Crippen LogP) is 1.86. The maximum absolute atomic E-state index is 11.5. The minimum Gasteiger partial charge on any atom is -0.394 e. The number of hydrogen-bond donors (Lipinski definition) is 3. The van der Waals surface area contributed by atoms with Crippen molar-refractivity contribution in [3.8, 4) is 0 Å². The average molecular weight is 251 g/mol. The molecule has 5 nitrogen and oxygen atoms in total. The quantitative estimate of drug-likeness (QED) is 0.746. The average Bonchev–Trinajstić information content (AvgIpc) is 2.31. The van der Waals surface area contributed by atoms with E-state index in [2.05, 4.69) is 15.6 Å². The van der Waals surface area contributed by atoms with Gasteiger partial charge in [0.15, 0.2) is 0 Å². The van der Waals surface area contributed by atoms with E-state index in [-0.39, 0.29) is 18.4 Å². The van der Waals surface area contributed by atoms with E-state index in [4.69, 9.17) is 5.11 Å². The molecule has 0 aromatic carbocycles. The number of nitrogens with one attached hydrogen (secondary N) is 2. The van der Waals surface area contributed by atoms with Crippen LogP contribution in [0.25, 0.3) is 0 Å². The maximum Gasteiger partial charge on any atom is 0.226 e. The van der Waals surface area contributed by atoms with E-state index in [1.165, 1.54) is 0 Å². The summed E-state index contributed by atoms with van der Waals surface area (Å²) in [6.07, 6.45) is 1.59. The molecule has 0 radical (unpaired) electrons. The summed E-state index contributed by atoms with van der Waals surface area (Å²) in [5.74, 6) is 0.570. The molecule has 0 saturated heterocycles. The Morgan fingerprint density at radius 2 is 2.11 bits per heavy atom. The Kier molecular flexibility index (Phi) is 4.67. The Labute approximate surface area is 108 Å². The molecule has 0 aliphatic rings. The smallest absolute Gasteiger partial charge is 0.226 e. The van der Waals surface area contributed by atoms with E-state index in [1.807, 2.05) is 27.7 Å². The zero-order valence-electron chi connectivity index (χ0n) is 11.3. The molecular formula is C13H21N3O2. The lowest BCUT2D eigenvalue weighted by Crippen LogP contribution is -2.35. The molecule has 1 aromatic heterocycles. The summed E-state index contributed by atoms with van der Waals surface area (Å²) < 4.78 is 0. The molecule has 1 rings (SSSR count). The van der Waals surface area contributed by atoms with Gasteiger partial charge in [0.25, 0.3) is 0 Å². The lowest BCUT2D eigenvalue weighted by Gasteiger charge is -2.24.